The molecule has 0 unspecified atom stereocenters. The molecule has 31 heavy (non-hydrogen) atoms. The Balaban J connectivity index is 1.55. The number of carboxylic acids is 1. The Morgan fingerprint density at radius 1 is 1.19 bits per heavy atom. The van der Waals surface area contributed by atoms with Crippen LogP contribution in [0.1, 0.15) is 68.6 Å². The highest BCUT2D eigenvalue weighted by molar-refractivity contribution is 5.78. The van der Waals surface area contributed by atoms with Gasteiger partial charge >= 0.3 is 5.97 Å². The zero-order valence-electron chi connectivity index (χ0n) is 17.8. The third-order valence-electron chi connectivity index (χ3n) is 6.12. The molecule has 1 saturated carbocycles. The van der Waals surface area contributed by atoms with E-state index >= 15 is 0 Å². The highest BCUT2D eigenvalue weighted by Gasteiger charge is 2.23. The van der Waals surface area contributed by atoms with Gasteiger partial charge < -0.3 is 9.84 Å². The lowest BCUT2D eigenvalue weighted by atomic mass is 9.94. The highest BCUT2D eigenvalue weighted by Crippen LogP contribution is 2.36. The van der Waals surface area contributed by atoms with Crippen LogP contribution in [-0.4, -0.2) is 21.3 Å². The van der Waals surface area contributed by atoms with Crippen molar-refractivity contribution in [3.05, 3.63) is 59.8 Å². The molecule has 0 amide bonds. The van der Waals surface area contributed by atoms with Crippen molar-refractivity contribution in [2.75, 3.05) is 0 Å². The number of ether oxygens (including phenoxy) is 1. The third kappa shape index (κ3) is 5.27. The zero-order chi connectivity index (χ0) is 21.6. The largest absolute Gasteiger partial charge is 0.486 e. The Hall–Kier alpha value is -3.26. The molecule has 1 aromatic heterocycles. The first-order chi connectivity index (χ1) is 15.1. The first-order valence-corrected chi connectivity index (χ1v) is 11.0. The van der Waals surface area contributed by atoms with E-state index in [1.54, 1.807) is 6.92 Å². The van der Waals surface area contributed by atoms with E-state index in [9.17, 15) is 4.79 Å². The van der Waals surface area contributed by atoms with Crippen LogP contribution in [0.15, 0.2) is 48.7 Å². The van der Waals surface area contributed by atoms with Crippen LogP contribution >= 0.6 is 0 Å². The molecule has 1 aliphatic carbocycles. The van der Waals surface area contributed by atoms with Gasteiger partial charge in [-0.3, -0.25) is 9.89 Å². The molecule has 1 heterocycles. The number of nitrogens with one attached hydrogen (secondary N) is 1. The van der Waals surface area contributed by atoms with Gasteiger partial charge in [0.25, 0.3) is 0 Å². The first kappa shape index (κ1) is 21.0. The SMILES string of the molecule is CC#C[C@@H](CC(=O)O)c1ccc(O[C@@H](CC2CCCC2)c2ccc3[nH]ncc3c2)cc1. The molecule has 0 spiro atoms. The van der Waals surface area contributed by atoms with Gasteiger partial charge in [-0.25, -0.2) is 0 Å². The molecule has 1 aliphatic rings. The Kier molecular flexibility index (Phi) is 6.57. The van der Waals surface area contributed by atoms with Crippen LogP contribution in [-0.2, 0) is 4.79 Å². The first-order valence-electron chi connectivity index (χ1n) is 11.0. The molecule has 2 aromatic carbocycles. The number of hydrogen-bond donors (Lipinski definition) is 2. The van der Waals surface area contributed by atoms with Gasteiger partial charge in [-0.05, 0) is 54.7 Å². The maximum Gasteiger partial charge on any atom is 0.304 e. The molecule has 0 bridgehead atoms. The highest BCUT2D eigenvalue weighted by atomic mass is 16.5. The molecular weight excluding hydrogens is 388 g/mol. The van der Waals surface area contributed by atoms with Crippen LogP contribution in [0, 0.1) is 17.8 Å². The minimum absolute atomic E-state index is 0.00391. The smallest absolute Gasteiger partial charge is 0.304 e. The average Bonchev–Trinajstić information content (AvgIpc) is 3.44. The van der Waals surface area contributed by atoms with E-state index in [2.05, 4.69) is 40.2 Å². The minimum atomic E-state index is -0.848. The summed E-state index contributed by atoms with van der Waals surface area (Å²) in [5, 5.41) is 17.4. The number of hydrogen-bond acceptors (Lipinski definition) is 3. The molecule has 0 aliphatic heterocycles. The Morgan fingerprint density at radius 3 is 2.65 bits per heavy atom. The van der Waals surface area contributed by atoms with Crippen LogP contribution in [0.5, 0.6) is 5.75 Å². The number of rotatable bonds is 8. The molecular formula is C26H28N2O3. The maximum absolute atomic E-state index is 11.2. The van der Waals surface area contributed by atoms with E-state index in [4.69, 9.17) is 9.84 Å². The number of aromatic amines is 1. The number of carboxylic acid groups (broad SMARTS) is 1. The van der Waals surface area contributed by atoms with Crippen LogP contribution in [0.4, 0.5) is 0 Å². The number of benzene rings is 2. The minimum Gasteiger partial charge on any atom is -0.486 e. The predicted octanol–water partition coefficient (Wildman–Crippen LogP) is 5.84. The second-order valence-electron chi connectivity index (χ2n) is 8.32. The molecule has 5 heteroatoms. The van der Waals surface area contributed by atoms with E-state index in [0.717, 1.165) is 34.2 Å². The number of aliphatic carboxylic acids is 1. The molecule has 4 rings (SSSR count). The van der Waals surface area contributed by atoms with Crippen LogP contribution < -0.4 is 4.74 Å². The zero-order valence-corrected chi connectivity index (χ0v) is 17.8. The molecule has 0 radical (unpaired) electrons. The van der Waals surface area contributed by atoms with Crippen molar-refractivity contribution < 1.29 is 14.6 Å². The van der Waals surface area contributed by atoms with Crippen LogP contribution in [0.2, 0.25) is 0 Å². The van der Waals surface area contributed by atoms with Gasteiger partial charge in [0.2, 0.25) is 0 Å². The van der Waals surface area contributed by atoms with Gasteiger partial charge in [-0.1, -0.05) is 49.8 Å². The maximum atomic E-state index is 11.2. The van der Waals surface area contributed by atoms with Crippen LogP contribution in [0.25, 0.3) is 10.9 Å². The number of nitrogens with zero attached hydrogens (tertiary/aromatic N) is 1. The van der Waals surface area contributed by atoms with E-state index in [1.807, 2.05) is 30.5 Å². The number of H-pyrrole nitrogens is 1. The van der Waals surface area contributed by atoms with Crippen molar-refractivity contribution in [2.24, 2.45) is 5.92 Å². The normalized spacial score (nSPS) is 15.9. The van der Waals surface area contributed by atoms with Gasteiger partial charge in [0.1, 0.15) is 11.9 Å². The average molecular weight is 417 g/mol. The topological polar surface area (TPSA) is 75.2 Å². The molecule has 160 valence electrons. The number of fused-ring (bicyclic) bond motifs is 1. The summed E-state index contributed by atoms with van der Waals surface area (Å²) in [6.07, 6.45) is 7.94. The van der Waals surface area contributed by atoms with Gasteiger partial charge in [0.15, 0.2) is 0 Å². The predicted molar refractivity (Wildman–Crippen MR) is 121 cm³/mol. The summed E-state index contributed by atoms with van der Waals surface area (Å²) < 4.78 is 6.48. The fraction of sp³-hybridized carbons (Fsp3) is 0.385. The third-order valence-corrected chi connectivity index (χ3v) is 6.12. The van der Waals surface area contributed by atoms with Crippen molar-refractivity contribution >= 4 is 16.9 Å². The van der Waals surface area contributed by atoms with Crippen molar-refractivity contribution in [3.8, 4) is 17.6 Å². The fourth-order valence-electron chi connectivity index (χ4n) is 4.51. The van der Waals surface area contributed by atoms with E-state index in [-0.39, 0.29) is 18.4 Å². The lowest BCUT2D eigenvalue weighted by Crippen LogP contribution is -2.12. The van der Waals surface area contributed by atoms with Gasteiger partial charge in [0, 0.05) is 5.39 Å². The summed E-state index contributed by atoms with van der Waals surface area (Å²) in [5.41, 5.74) is 3.08. The second-order valence-corrected chi connectivity index (χ2v) is 8.32. The van der Waals surface area contributed by atoms with Crippen molar-refractivity contribution in [3.63, 3.8) is 0 Å². The summed E-state index contributed by atoms with van der Waals surface area (Å²) in [4.78, 5) is 11.2. The summed E-state index contributed by atoms with van der Waals surface area (Å²) in [7, 11) is 0. The summed E-state index contributed by atoms with van der Waals surface area (Å²) in [6, 6.07) is 14.1. The lowest BCUT2D eigenvalue weighted by molar-refractivity contribution is -0.137. The summed E-state index contributed by atoms with van der Waals surface area (Å²) in [5.74, 6) is 6.15. The summed E-state index contributed by atoms with van der Waals surface area (Å²) in [6.45, 7) is 1.73. The van der Waals surface area contributed by atoms with Crippen LogP contribution in [0.3, 0.4) is 0 Å². The Morgan fingerprint density at radius 2 is 1.94 bits per heavy atom. The molecule has 1 fully saturated rings. The molecule has 3 aromatic rings. The molecule has 5 nitrogen and oxygen atoms in total. The van der Waals surface area contributed by atoms with Crippen molar-refractivity contribution in [1.29, 1.82) is 0 Å². The number of aromatic nitrogens is 2. The summed E-state index contributed by atoms with van der Waals surface area (Å²) >= 11 is 0. The lowest BCUT2D eigenvalue weighted by Gasteiger charge is -2.23. The molecule has 2 N–H and O–H groups in total. The second kappa shape index (κ2) is 9.70. The molecule has 0 saturated heterocycles. The van der Waals surface area contributed by atoms with Gasteiger partial charge in [-0.15, -0.1) is 5.92 Å². The van der Waals surface area contributed by atoms with E-state index in [0.29, 0.717) is 5.92 Å². The Labute approximate surface area is 182 Å². The number of carbonyl (C=O) groups is 1. The molecule has 2 atom stereocenters. The standard InChI is InChI=1S/C26H28N2O3/c1-2-5-20(16-26(29)30)19-8-11-23(12-9-19)31-25(14-18-6-3-4-7-18)21-10-13-24-22(15-21)17-27-28-24/h8-13,15,17-18,20,25H,3-4,6-7,14,16H2,1H3,(H,27,28)(H,29,30)/t20-,25-/m0/s1. The van der Waals surface area contributed by atoms with E-state index in [1.165, 1.54) is 25.7 Å². The monoisotopic (exact) mass is 416 g/mol. The van der Waals surface area contributed by atoms with Crippen molar-refractivity contribution in [1.82, 2.24) is 10.2 Å². The Bertz CT molecular complexity index is 1090. The van der Waals surface area contributed by atoms with Gasteiger partial charge in [-0.2, -0.15) is 5.10 Å². The fourth-order valence-corrected chi connectivity index (χ4v) is 4.51. The van der Waals surface area contributed by atoms with Crippen molar-refractivity contribution in [2.45, 2.75) is 57.5 Å². The quantitative estimate of drug-likeness (QED) is 0.452. The van der Waals surface area contributed by atoms with Gasteiger partial charge in [0.05, 0.1) is 24.1 Å². The van der Waals surface area contributed by atoms with E-state index < -0.39 is 5.97 Å².